The van der Waals surface area contributed by atoms with Crippen LogP contribution in [0.2, 0.25) is 0 Å². The van der Waals surface area contributed by atoms with Crippen LogP contribution in [0.25, 0.3) is 10.9 Å². The molecule has 0 bridgehead atoms. The van der Waals surface area contributed by atoms with Gasteiger partial charge in [0.15, 0.2) is 0 Å². The second-order valence-corrected chi connectivity index (χ2v) is 10.5. The molecule has 1 aromatic carbocycles. The third-order valence-electron chi connectivity index (χ3n) is 8.30. The number of fused-ring (bicyclic) bond motifs is 2. The Bertz CT molecular complexity index is 1170. The highest BCUT2D eigenvalue weighted by Crippen LogP contribution is 2.65. The Labute approximate surface area is 198 Å². The summed E-state index contributed by atoms with van der Waals surface area (Å²) in [7, 11) is 0. The van der Waals surface area contributed by atoms with Gasteiger partial charge in [0.25, 0.3) is 5.91 Å². The van der Waals surface area contributed by atoms with Crippen molar-refractivity contribution in [2.24, 2.45) is 23.2 Å². The summed E-state index contributed by atoms with van der Waals surface area (Å²) in [5.41, 5.74) is 2.51. The molecule has 3 fully saturated rings. The maximum atomic E-state index is 13.6. The highest BCUT2D eigenvalue weighted by Gasteiger charge is 2.69. The summed E-state index contributed by atoms with van der Waals surface area (Å²) < 4.78 is 0. The van der Waals surface area contributed by atoms with Crippen LogP contribution in [0.15, 0.2) is 24.3 Å². The summed E-state index contributed by atoms with van der Waals surface area (Å²) in [4.78, 5) is 55.6. The predicted molar refractivity (Wildman–Crippen MR) is 127 cm³/mol. The zero-order valence-corrected chi connectivity index (χ0v) is 19.9. The number of likely N-dealkylation sites (tertiary alicyclic amines) is 1. The molecule has 34 heavy (non-hydrogen) atoms. The molecule has 2 aromatic rings. The van der Waals surface area contributed by atoms with Crippen molar-refractivity contribution in [2.75, 3.05) is 13.1 Å². The normalized spacial score (nSPS) is 27.9. The lowest BCUT2D eigenvalue weighted by molar-refractivity contribution is -0.129. The Morgan fingerprint density at radius 2 is 2.12 bits per heavy atom. The fourth-order valence-corrected chi connectivity index (χ4v) is 6.18. The van der Waals surface area contributed by atoms with Gasteiger partial charge in [-0.1, -0.05) is 32.9 Å². The van der Waals surface area contributed by atoms with Crippen molar-refractivity contribution in [3.63, 3.8) is 0 Å². The van der Waals surface area contributed by atoms with Crippen molar-refractivity contribution in [3.05, 3.63) is 35.5 Å². The number of nitrogens with zero attached hydrogens (tertiary/aromatic N) is 1. The standard InChI is InChI=1S/C26H32N4O4/c1-4-14-6-5-7-19-17(14)11-20(29-19)25(34)30-12-18-21(26(18,2)3)22(30)24(33)28-16(13-31)10-15-8-9-27-23(15)32/h5-7,11,13,15-16,18,21-22,29H,4,8-10,12H2,1-3H3,(H,27,32)(H,28,33)/t15-,16-,18-,21-,22-/m0/s1. The number of hydrogen-bond acceptors (Lipinski definition) is 4. The molecule has 1 aliphatic carbocycles. The minimum absolute atomic E-state index is 0.0311. The molecule has 0 radical (unpaired) electrons. The lowest BCUT2D eigenvalue weighted by atomic mass is 9.97. The number of carbonyl (C=O) groups excluding carboxylic acids is 4. The molecule has 180 valence electrons. The number of nitrogens with one attached hydrogen (secondary N) is 3. The first-order valence-corrected chi connectivity index (χ1v) is 12.2. The molecule has 3 heterocycles. The van der Waals surface area contributed by atoms with E-state index in [2.05, 4.69) is 42.5 Å². The van der Waals surface area contributed by atoms with E-state index < -0.39 is 12.1 Å². The number of carbonyl (C=O) groups is 4. The molecular formula is C26H32N4O4. The van der Waals surface area contributed by atoms with Crippen LogP contribution in [0.1, 0.15) is 49.7 Å². The highest BCUT2D eigenvalue weighted by molar-refractivity contribution is 6.01. The van der Waals surface area contributed by atoms with Gasteiger partial charge in [0.05, 0.1) is 6.04 Å². The summed E-state index contributed by atoms with van der Waals surface area (Å²) in [6.45, 7) is 7.44. The fraction of sp³-hybridized carbons (Fsp3) is 0.538. The Hall–Kier alpha value is -3.16. The van der Waals surface area contributed by atoms with E-state index in [4.69, 9.17) is 0 Å². The molecule has 2 aliphatic heterocycles. The van der Waals surface area contributed by atoms with E-state index in [0.29, 0.717) is 31.5 Å². The van der Waals surface area contributed by atoms with Gasteiger partial charge in [0.1, 0.15) is 18.0 Å². The van der Waals surface area contributed by atoms with E-state index in [9.17, 15) is 19.2 Å². The number of aromatic amines is 1. The van der Waals surface area contributed by atoms with E-state index in [1.807, 2.05) is 18.2 Å². The first-order chi connectivity index (χ1) is 16.3. The molecule has 1 saturated carbocycles. The number of aryl methyl sites for hydroxylation is 1. The predicted octanol–water partition coefficient (Wildman–Crippen LogP) is 2.04. The van der Waals surface area contributed by atoms with Gasteiger partial charge in [-0.15, -0.1) is 0 Å². The molecule has 5 rings (SSSR count). The van der Waals surface area contributed by atoms with E-state index in [-0.39, 0.29) is 47.3 Å². The average Bonchev–Trinajstić information content (AvgIpc) is 3.33. The van der Waals surface area contributed by atoms with Crippen LogP contribution >= 0.6 is 0 Å². The first kappa shape index (κ1) is 22.6. The topological polar surface area (TPSA) is 111 Å². The molecule has 5 atom stereocenters. The third-order valence-corrected chi connectivity index (χ3v) is 8.30. The van der Waals surface area contributed by atoms with Gasteiger partial charge in [0.2, 0.25) is 11.8 Å². The van der Waals surface area contributed by atoms with Gasteiger partial charge in [-0.05, 0) is 54.2 Å². The van der Waals surface area contributed by atoms with Crippen LogP contribution in [0.4, 0.5) is 0 Å². The molecular weight excluding hydrogens is 432 g/mol. The van der Waals surface area contributed by atoms with Crippen molar-refractivity contribution in [3.8, 4) is 0 Å². The van der Waals surface area contributed by atoms with Gasteiger partial charge < -0.3 is 25.3 Å². The lowest BCUT2D eigenvalue weighted by Crippen LogP contribution is -2.52. The zero-order valence-electron chi connectivity index (χ0n) is 19.9. The number of amides is 3. The third kappa shape index (κ3) is 3.60. The number of aldehydes is 1. The monoisotopic (exact) mass is 464 g/mol. The van der Waals surface area contributed by atoms with Crippen molar-refractivity contribution < 1.29 is 19.2 Å². The number of hydrogen-bond donors (Lipinski definition) is 3. The quantitative estimate of drug-likeness (QED) is 0.545. The molecule has 0 unspecified atom stereocenters. The minimum Gasteiger partial charge on any atom is -0.356 e. The Morgan fingerprint density at radius 1 is 1.32 bits per heavy atom. The maximum Gasteiger partial charge on any atom is 0.271 e. The van der Waals surface area contributed by atoms with E-state index in [0.717, 1.165) is 22.9 Å². The summed E-state index contributed by atoms with van der Waals surface area (Å²) >= 11 is 0. The van der Waals surface area contributed by atoms with Gasteiger partial charge in [-0.3, -0.25) is 14.4 Å². The Balaban J connectivity index is 1.37. The molecule has 2 saturated heterocycles. The smallest absolute Gasteiger partial charge is 0.271 e. The molecule has 8 nitrogen and oxygen atoms in total. The Kier molecular flexibility index (Phi) is 5.49. The molecule has 3 aliphatic rings. The maximum absolute atomic E-state index is 13.6. The Morgan fingerprint density at radius 3 is 2.79 bits per heavy atom. The second-order valence-electron chi connectivity index (χ2n) is 10.5. The van der Waals surface area contributed by atoms with E-state index in [1.54, 1.807) is 4.90 Å². The van der Waals surface area contributed by atoms with Crippen molar-refractivity contribution >= 4 is 34.9 Å². The number of H-pyrrole nitrogens is 1. The summed E-state index contributed by atoms with van der Waals surface area (Å²) in [6.07, 6.45) is 2.50. The van der Waals surface area contributed by atoms with Crippen LogP contribution < -0.4 is 10.6 Å². The van der Waals surface area contributed by atoms with E-state index in [1.165, 1.54) is 0 Å². The molecule has 3 amide bonds. The van der Waals surface area contributed by atoms with Crippen LogP contribution in [-0.4, -0.2) is 59.1 Å². The SMILES string of the molecule is CCc1cccc2[nH]c(C(=O)N3C[C@H]4[C@@H]([C@H]3C(=O)N[C@H](C=O)C[C@@H]3CCNC3=O)C4(C)C)cc12. The first-order valence-electron chi connectivity index (χ1n) is 12.2. The van der Waals surface area contributed by atoms with Crippen LogP contribution in [0.3, 0.4) is 0 Å². The van der Waals surface area contributed by atoms with Gasteiger partial charge in [0, 0.05) is 29.9 Å². The number of aromatic nitrogens is 1. The summed E-state index contributed by atoms with van der Waals surface area (Å²) in [6, 6.07) is 6.48. The van der Waals surface area contributed by atoms with Crippen molar-refractivity contribution in [1.82, 2.24) is 20.5 Å². The number of benzene rings is 1. The fourth-order valence-electron chi connectivity index (χ4n) is 6.18. The van der Waals surface area contributed by atoms with Gasteiger partial charge >= 0.3 is 0 Å². The highest BCUT2D eigenvalue weighted by atomic mass is 16.2. The summed E-state index contributed by atoms with van der Waals surface area (Å²) in [5.74, 6) is -0.563. The number of piperidine rings is 1. The van der Waals surface area contributed by atoms with Gasteiger partial charge in [-0.25, -0.2) is 0 Å². The van der Waals surface area contributed by atoms with Crippen LogP contribution in [0, 0.1) is 23.2 Å². The molecule has 8 heteroatoms. The molecule has 1 aromatic heterocycles. The molecule has 0 spiro atoms. The van der Waals surface area contributed by atoms with Crippen LogP contribution in [-0.2, 0) is 20.8 Å². The van der Waals surface area contributed by atoms with Crippen LogP contribution in [0.5, 0.6) is 0 Å². The zero-order chi connectivity index (χ0) is 24.2. The summed E-state index contributed by atoms with van der Waals surface area (Å²) in [5, 5.41) is 6.63. The number of rotatable bonds is 7. The van der Waals surface area contributed by atoms with Crippen molar-refractivity contribution in [1.29, 1.82) is 0 Å². The average molecular weight is 465 g/mol. The van der Waals surface area contributed by atoms with Gasteiger partial charge in [-0.2, -0.15) is 0 Å². The second kappa shape index (κ2) is 8.25. The lowest BCUT2D eigenvalue weighted by Gasteiger charge is -2.30. The van der Waals surface area contributed by atoms with Crippen molar-refractivity contribution in [2.45, 2.75) is 52.1 Å². The molecule has 3 N–H and O–H groups in total. The van der Waals surface area contributed by atoms with E-state index >= 15 is 0 Å². The minimum atomic E-state index is -0.751. The largest absolute Gasteiger partial charge is 0.356 e.